The molecule has 0 radical (unpaired) electrons. The highest BCUT2D eigenvalue weighted by Gasteiger charge is 2.17. The number of hydrogen-bond acceptors (Lipinski definition) is 6. The molecule has 2 aromatic carbocycles. The molecule has 1 amide bonds. The van der Waals surface area contributed by atoms with Crippen LogP contribution in [0.4, 0.5) is 0 Å². The van der Waals surface area contributed by atoms with Crippen LogP contribution in [0.25, 0.3) is 17.1 Å². The first kappa shape index (κ1) is 20.9. The number of hydrazone groups is 1. The molecule has 4 rings (SSSR count). The number of halogens is 1. The summed E-state index contributed by atoms with van der Waals surface area (Å²) in [6, 6.07) is 18.9. The Bertz CT molecular complexity index is 1190. The van der Waals surface area contributed by atoms with Gasteiger partial charge in [-0.15, -0.1) is 10.2 Å². The molecule has 2 heterocycles. The van der Waals surface area contributed by atoms with E-state index in [4.69, 9.17) is 16.0 Å². The van der Waals surface area contributed by atoms with Gasteiger partial charge in [0, 0.05) is 16.3 Å². The third-order valence-corrected chi connectivity index (χ3v) is 5.47. The fourth-order valence-corrected chi connectivity index (χ4v) is 3.64. The van der Waals surface area contributed by atoms with Crippen molar-refractivity contribution in [3.05, 3.63) is 83.3 Å². The topological polar surface area (TPSA) is 85.3 Å². The average molecular weight is 452 g/mol. The summed E-state index contributed by atoms with van der Waals surface area (Å²) < 4.78 is 7.06. The lowest BCUT2D eigenvalue weighted by molar-refractivity contribution is -0.118. The predicted molar refractivity (Wildman–Crippen MR) is 122 cm³/mol. The summed E-state index contributed by atoms with van der Waals surface area (Å²) in [5.41, 5.74) is 5.40. The molecule has 0 unspecified atom stereocenters. The van der Waals surface area contributed by atoms with E-state index in [1.807, 2.05) is 60.0 Å². The van der Waals surface area contributed by atoms with Crippen molar-refractivity contribution in [2.45, 2.75) is 12.1 Å². The maximum Gasteiger partial charge on any atom is 0.250 e. The molecule has 31 heavy (non-hydrogen) atoms. The van der Waals surface area contributed by atoms with E-state index in [1.165, 1.54) is 24.2 Å². The van der Waals surface area contributed by atoms with Crippen molar-refractivity contribution >= 4 is 35.5 Å². The number of carbonyl (C=O) groups excluding carboxylic acids is 1. The predicted octanol–water partition coefficient (Wildman–Crippen LogP) is 4.73. The van der Waals surface area contributed by atoms with Crippen LogP contribution in [0.1, 0.15) is 11.3 Å². The first-order chi connectivity index (χ1) is 15.1. The number of amides is 1. The zero-order valence-corrected chi connectivity index (χ0v) is 18.1. The molecule has 2 aromatic heterocycles. The molecule has 0 saturated heterocycles. The Hall–Kier alpha value is -3.36. The molecule has 0 fully saturated rings. The largest absolute Gasteiger partial charge is 0.463 e. The Morgan fingerprint density at radius 1 is 1.16 bits per heavy atom. The number of nitrogens with one attached hydrogen (secondary N) is 1. The van der Waals surface area contributed by atoms with Crippen molar-refractivity contribution in [1.82, 2.24) is 20.2 Å². The second-order valence-electron chi connectivity index (χ2n) is 6.58. The molecule has 0 atom stereocenters. The van der Waals surface area contributed by atoms with E-state index in [1.54, 1.807) is 12.1 Å². The highest BCUT2D eigenvalue weighted by atomic mass is 35.5. The van der Waals surface area contributed by atoms with Crippen molar-refractivity contribution in [2.75, 3.05) is 5.75 Å². The van der Waals surface area contributed by atoms with Gasteiger partial charge >= 0.3 is 0 Å². The molecular weight excluding hydrogens is 434 g/mol. The molecule has 0 bridgehead atoms. The lowest BCUT2D eigenvalue weighted by Gasteiger charge is -2.10. The normalized spacial score (nSPS) is 11.2. The zero-order chi connectivity index (χ0) is 21.6. The second kappa shape index (κ2) is 9.63. The maximum absolute atomic E-state index is 12.2. The van der Waals surface area contributed by atoms with Gasteiger partial charge < -0.3 is 4.42 Å². The number of hydrogen-bond donors (Lipinski definition) is 1. The van der Waals surface area contributed by atoms with Gasteiger partial charge in [0.05, 0.1) is 18.2 Å². The van der Waals surface area contributed by atoms with Crippen molar-refractivity contribution < 1.29 is 9.21 Å². The molecule has 156 valence electrons. The maximum atomic E-state index is 12.2. The van der Waals surface area contributed by atoms with Gasteiger partial charge in [0.1, 0.15) is 5.76 Å². The Labute approximate surface area is 188 Å². The van der Waals surface area contributed by atoms with Gasteiger partial charge in [-0.2, -0.15) is 5.10 Å². The third kappa shape index (κ3) is 5.22. The Morgan fingerprint density at radius 2 is 1.94 bits per heavy atom. The molecule has 7 nitrogen and oxygen atoms in total. The van der Waals surface area contributed by atoms with Gasteiger partial charge in [0.2, 0.25) is 0 Å². The standard InChI is InChI=1S/C22H18ClN5O2S/c1-15-4-10-18(11-5-15)28-21(16-6-8-17(23)9-7-16)26-27-22(28)31-14-20(29)25-24-13-19-3-2-12-30-19/h2-13H,14H2,1H3,(H,25,29)/b24-13-. The molecule has 0 aliphatic rings. The quantitative estimate of drug-likeness (QED) is 0.249. The van der Waals surface area contributed by atoms with Crippen molar-refractivity contribution in [3.63, 3.8) is 0 Å². The van der Waals surface area contributed by atoms with E-state index >= 15 is 0 Å². The van der Waals surface area contributed by atoms with Crippen molar-refractivity contribution in [1.29, 1.82) is 0 Å². The number of aryl methyl sites for hydroxylation is 1. The van der Waals surface area contributed by atoms with E-state index in [2.05, 4.69) is 20.7 Å². The van der Waals surface area contributed by atoms with Crippen LogP contribution < -0.4 is 5.43 Å². The molecule has 0 aliphatic heterocycles. The highest BCUT2D eigenvalue weighted by Crippen LogP contribution is 2.28. The Kier molecular flexibility index (Phi) is 6.49. The van der Waals surface area contributed by atoms with Crippen LogP contribution in [0.3, 0.4) is 0 Å². The number of nitrogens with zero attached hydrogens (tertiary/aromatic N) is 4. The van der Waals surface area contributed by atoms with Crippen LogP contribution >= 0.6 is 23.4 Å². The van der Waals surface area contributed by atoms with Crippen LogP contribution in [-0.4, -0.2) is 32.6 Å². The number of aromatic nitrogens is 3. The summed E-state index contributed by atoms with van der Waals surface area (Å²) >= 11 is 7.30. The van der Waals surface area contributed by atoms with Crippen LogP contribution in [-0.2, 0) is 4.79 Å². The lowest BCUT2D eigenvalue weighted by atomic mass is 10.2. The lowest BCUT2D eigenvalue weighted by Crippen LogP contribution is -2.19. The van der Waals surface area contributed by atoms with Gasteiger partial charge in [-0.25, -0.2) is 5.43 Å². The van der Waals surface area contributed by atoms with Gasteiger partial charge in [-0.3, -0.25) is 9.36 Å². The van der Waals surface area contributed by atoms with Gasteiger partial charge in [0.15, 0.2) is 11.0 Å². The fraction of sp³-hybridized carbons (Fsp3) is 0.0909. The van der Waals surface area contributed by atoms with Crippen LogP contribution in [0.15, 0.2) is 81.6 Å². The van der Waals surface area contributed by atoms with Gasteiger partial charge in [-0.05, 0) is 55.5 Å². The van der Waals surface area contributed by atoms with Crippen molar-refractivity contribution in [2.24, 2.45) is 5.10 Å². The first-order valence-corrected chi connectivity index (χ1v) is 10.7. The molecule has 9 heteroatoms. The summed E-state index contributed by atoms with van der Waals surface area (Å²) in [4.78, 5) is 12.2. The monoisotopic (exact) mass is 451 g/mol. The molecule has 1 N–H and O–H groups in total. The summed E-state index contributed by atoms with van der Waals surface area (Å²) in [5.74, 6) is 1.08. The average Bonchev–Trinajstić information content (AvgIpc) is 3.43. The van der Waals surface area contributed by atoms with Crippen molar-refractivity contribution in [3.8, 4) is 17.1 Å². The first-order valence-electron chi connectivity index (χ1n) is 9.37. The van der Waals surface area contributed by atoms with Gasteiger partial charge in [-0.1, -0.05) is 41.1 Å². The van der Waals surface area contributed by atoms with E-state index in [0.29, 0.717) is 21.8 Å². The van der Waals surface area contributed by atoms with E-state index in [0.717, 1.165) is 16.8 Å². The molecule has 0 saturated carbocycles. The second-order valence-corrected chi connectivity index (χ2v) is 7.96. The molecule has 0 spiro atoms. The summed E-state index contributed by atoms with van der Waals surface area (Å²) in [5, 5.41) is 13.8. The van der Waals surface area contributed by atoms with E-state index < -0.39 is 0 Å². The van der Waals surface area contributed by atoms with Crippen LogP contribution in [0.5, 0.6) is 0 Å². The minimum absolute atomic E-state index is 0.125. The Morgan fingerprint density at radius 3 is 2.65 bits per heavy atom. The molecular formula is C22H18ClN5O2S. The SMILES string of the molecule is Cc1ccc(-n2c(SCC(=O)N/N=C\c3ccco3)nnc2-c2ccc(Cl)cc2)cc1. The summed E-state index contributed by atoms with van der Waals surface area (Å²) in [7, 11) is 0. The third-order valence-electron chi connectivity index (χ3n) is 4.28. The fourth-order valence-electron chi connectivity index (χ4n) is 2.77. The van der Waals surface area contributed by atoms with E-state index in [-0.39, 0.29) is 11.7 Å². The molecule has 0 aliphatic carbocycles. The summed E-state index contributed by atoms with van der Waals surface area (Å²) in [6.07, 6.45) is 2.98. The zero-order valence-electron chi connectivity index (χ0n) is 16.5. The van der Waals surface area contributed by atoms with Gasteiger partial charge in [0.25, 0.3) is 5.91 Å². The number of thioether (sulfide) groups is 1. The highest BCUT2D eigenvalue weighted by molar-refractivity contribution is 7.99. The summed E-state index contributed by atoms with van der Waals surface area (Å²) in [6.45, 7) is 2.03. The van der Waals surface area contributed by atoms with Crippen LogP contribution in [0.2, 0.25) is 5.02 Å². The minimum Gasteiger partial charge on any atom is -0.463 e. The number of benzene rings is 2. The van der Waals surface area contributed by atoms with Crippen LogP contribution in [0, 0.1) is 6.92 Å². The minimum atomic E-state index is -0.265. The molecule has 4 aromatic rings. The smallest absolute Gasteiger partial charge is 0.250 e. The number of rotatable bonds is 7. The number of carbonyl (C=O) groups is 1. The number of furan rings is 1. The Balaban J connectivity index is 1.54. The van der Waals surface area contributed by atoms with E-state index in [9.17, 15) is 4.79 Å².